The molecule has 8 atom stereocenters. The molecule has 9 N–H and O–H groups in total. The van der Waals surface area contributed by atoms with Gasteiger partial charge in [0.25, 0.3) is 5.91 Å². The molecule has 15 nitrogen and oxygen atoms in total. The summed E-state index contributed by atoms with van der Waals surface area (Å²) in [5.41, 5.74) is 0.337. The van der Waals surface area contributed by atoms with Crippen molar-refractivity contribution in [2.75, 3.05) is 26.4 Å². The number of amides is 1. The molecule has 0 aliphatic heterocycles. The van der Waals surface area contributed by atoms with E-state index < -0.39 is 87.2 Å². The molecule has 0 heterocycles. The lowest BCUT2D eigenvalue weighted by atomic mass is 10.0. The van der Waals surface area contributed by atoms with Crippen LogP contribution in [0.1, 0.15) is 27.7 Å². The van der Waals surface area contributed by atoms with Crippen molar-refractivity contribution in [3.8, 4) is 0 Å². The average Bonchev–Trinajstić information content (AvgIpc) is 3.09. The van der Waals surface area contributed by atoms with Gasteiger partial charge in [0.15, 0.2) is 19.8 Å². The van der Waals surface area contributed by atoms with Gasteiger partial charge in [0.05, 0.1) is 33.8 Å². The maximum Gasteiger partial charge on any atom is 0.251 e. The standard InChI is InChI=1S/C29H37NO14/c31-10-20(35)25(40)27(22(37)12-33)43-14-19(15-44-28(23(38)13-34)26(41)21(36)11-32)30-29(42)18-8-6-17(7-9-18)24(39)16-4-2-1-3-5-16/h1-11,19-23,25-28,33-38,40-41H,12-15H2,(H,30,42)/t20-,21-,22-,23-,25-,26-,27-,28-/m1/s1/i19T/hT. The molecule has 0 aliphatic rings. The molecule has 2 rings (SSSR count). The van der Waals surface area contributed by atoms with E-state index in [9.17, 15) is 60.0 Å². The van der Waals surface area contributed by atoms with Crippen LogP contribution in [0.3, 0.4) is 0 Å². The van der Waals surface area contributed by atoms with Gasteiger partial charge in [0, 0.05) is 16.7 Å². The molecule has 44 heavy (non-hydrogen) atoms. The number of ether oxygens (including phenoxy) is 2. The molecule has 15 heteroatoms. The van der Waals surface area contributed by atoms with Crippen LogP contribution >= 0.6 is 0 Å². The van der Waals surface area contributed by atoms with E-state index in [1.165, 1.54) is 24.3 Å². The van der Waals surface area contributed by atoms with Crippen molar-refractivity contribution in [1.29, 1.82) is 0 Å². The van der Waals surface area contributed by atoms with E-state index in [0.717, 1.165) is 0 Å². The highest BCUT2D eigenvalue weighted by atomic mass is 16.5. The predicted octanol–water partition coefficient (Wildman–Crippen LogP) is -3.67. The zero-order valence-corrected chi connectivity index (χ0v) is 23.3. The Bertz CT molecular complexity index is 1230. The topological polar surface area (TPSA) is 261 Å². The van der Waals surface area contributed by atoms with Crippen molar-refractivity contribution in [1.82, 2.24) is 5.31 Å². The zero-order chi connectivity index (χ0) is 34.6. The van der Waals surface area contributed by atoms with Crippen LogP contribution < -0.4 is 5.31 Å². The number of hydrogen-bond acceptors (Lipinski definition) is 14. The monoisotopic (exact) mass is 627 g/mol. The minimum absolute atomic E-state index is 0.0108. The molecule has 2 aromatic rings. The molecule has 242 valence electrons. The fourth-order valence-corrected chi connectivity index (χ4v) is 3.85. The lowest BCUT2D eigenvalue weighted by molar-refractivity contribution is -0.162. The van der Waals surface area contributed by atoms with E-state index in [2.05, 4.69) is 0 Å². The van der Waals surface area contributed by atoms with Crippen LogP contribution in [0.4, 0.5) is 0 Å². The van der Waals surface area contributed by atoms with Gasteiger partial charge < -0.3 is 65.2 Å². The molecule has 0 unspecified atom stereocenters. The lowest BCUT2D eigenvalue weighted by Crippen LogP contribution is -2.52. The number of aliphatic hydroxyl groups is 8. The smallest absolute Gasteiger partial charge is 0.251 e. The SMILES string of the molecule is [3H]N(C(=O)c1ccc(C(=O)c2ccccc2)cc1)C([3H])(CO[C@@H]([C@H](O)[C@H](O)C=O)[C@H](O)CO)CO[C@@H]([C@H](O)[C@H](O)C=O)[C@H](O)CO. The van der Waals surface area contributed by atoms with Crippen molar-refractivity contribution in [3.63, 3.8) is 0 Å². The number of carbonyl (C=O) groups excluding carboxylic acids is 4. The van der Waals surface area contributed by atoms with E-state index in [-0.39, 0.29) is 34.8 Å². The molecule has 1 amide bonds. The van der Waals surface area contributed by atoms with E-state index in [4.69, 9.17) is 12.3 Å². The Labute approximate surface area is 254 Å². The normalized spacial score (nSPS) is 17.9. The highest BCUT2D eigenvalue weighted by Crippen LogP contribution is 2.15. The maximum absolute atomic E-state index is 13.4. The van der Waals surface area contributed by atoms with E-state index in [1.807, 2.05) is 0 Å². The van der Waals surface area contributed by atoms with Gasteiger partial charge in [-0.3, -0.25) is 9.59 Å². The minimum Gasteiger partial charge on any atom is -0.394 e. The molecule has 0 saturated heterocycles. The summed E-state index contributed by atoms with van der Waals surface area (Å²) >= 11 is 0. The second-order valence-corrected chi connectivity index (χ2v) is 9.54. The molecule has 0 radical (unpaired) electrons. The number of hydrogen-bond donors (Lipinski definition) is 9. The molecule has 2 aromatic carbocycles. The van der Waals surface area contributed by atoms with Crippen LogP contribution in [-0.4, -0.2) is 146 Å². The lowest BCUT2D eigenvalue weighted by Gasteiger charge is -2.32. The van der Waals surface area contributed by atoms with Crippen LogP contribution in [0.5, 0.6) is 0 Å². The number of ketones is 1. The van der Waals surface area contributed by atoms with Crippen molar-refractivity contribution in [3.05, 3.63) is 71.3 Å². The predicted molar refractivity (Wildman–Crippen MR) is 149 cm³/mol. The van der Waals surface area contributed by atoms with Gasteiger partial charge in [-0.15, -0.1) is 0 Å². The quantitative estimate of drug-likeness (QED) is 0.0506. The van der Waals surface area contributed by atoms with Gasteiger partial charge in [-0.05, 0) is 12.1 Å². The molecule has 0 fully saturated rings. The summed E-state index contributed by atoms with van der Waals surface area (Å²) in [5.74, 6) is -1.56. The number of carbonyl (C=O) groups is 4. The van der Waals surface area contributed by atoms with Crippen LogP contribution in [0.2, 0.25) is 1.41 Å². The number of aliphatic hydroxyl groups excluding tert-OH is 8. The van der Waals surface area contributed by atoms with Crippen LogP contribution in [-0.2, 0) is 19.1 Å². The Morgan fingerprint density at radius 3 is 1.55 bits per heavy atom. The second kappa shape index (κ2) is 18.4. The van der Waals surface area contributed by atoms with Gasteiger partial charge in [0.2, 0.25) is 0 Å². The minimum atomic E-state index is -2.74. The second-order valence-electron chi connectivity index (χ2n) is 9.54. The Morgan fingerprint density at radius 2 is 1.14 bits per heavy atom. The molecule has 0 bridgehead atoms. The third-order valence-electron chi connectivity index (χ3n) is 6.36. The first-order chi connectivity index (χ1) is 21.8. The summed E-state index contributed by atoms with van der Waals surface area (Å²) in [7, 11) is 0. The third-order valence-corrected chi connectivity index (χ3v) is 6.36. The molecular formula is C29H37NO14. The largest absolute Gasteiger partial charge is 0.394 e. The van der Waals surface area contributed by atoms with E-state index in [1.54, 1.807) is 30.3 Å². The average molecular weight is 628 g/mol. The Balaban J connectivity index is 2.43. The number of aldehydes is 2. The summed E-state index contributed by atoms with van der Waals surface area (Å²) < 4.78 is 28.0. The van der Waals surface area contributed by atoms with E-state index >= 15 is 0 Å². The van der Waals surface area contributed by atoms with E-state index in [0.29, 0.717) is 5.56 Å². The van der Waals surface area contributed by atoms with Crippen LogP contribution in [0.25, 0.3) is 0 Å². The highest BCUT2D eigenvalue weighted by Gasteiger charge is 2.35. The van der Waals surface area contributed by atoms with Crippen molar-refractivity contribution >= 4 is 24.3 Å². The number of benzene rings is 2. The molecule has 0 aliphatic carbocycles. The van der Waals surface area contributed by atoms with Crippen LogP contribution in [0, 0.1) is 0 Å². The first-order valence-electron chi connectivity index (χ1n) is 14.2. The Morgan fingerprint density at radius 1 is 0.727 bits per heavy atom. The highest BCUT2D eigenvalue weighted by molar-refractivity contribution is 6.09. The Hall–Kier alpha value is -3.48. The van der Waals surface area contributed by atoms with Gasteiger partial charge in [0.1, 0.15) is 48.8 Å². The maximum atomic E-state index is 13.4. The fourth-order valence-electron chi connectivity index (χ4n) is 3.85. The summed E-state index contributed by atoms with van der Waals surface area (Å²) in [6.07, 6.45) is -16.6. The van der Waals surface area contributed by atoms with Crippen molar-refractivity contribution in [2.45, 2.75) is 54.8 Å². The summed E-state index contributed by atoms with van der Waals surface area (Å²) in [6, 6.07) is 10.4. The summed E-state index contributed by atoms with van der Waals surface area (Å²) in [6.45, 7) is -4.45. The third kappa shape index (κ3) is 10.3. The summed E-state index contributed by atoms with van der Waals surface area (Å²) in [4.78, 5) is 48.1. The first kappa shape index (κ1) is 33.4. The fraction of sp³-hybridized carbons (Fsp3) is 0.448. The number of nitrogens with one attached hydrogen (secondary N) is 1. The van der Waals surface area contributed by atoms with Gasteiger partial charge in [-0.25, -0.2) is 0 Å². The van der Waals surface area contributed by atoms with Gasteiger partial charge in [-0.2, -0.15) is 0 Å². The van der Waals surface area contributed by atoms with Gasteiger partial charge in [-0.1, -0.05) is 42.5 Å². The molecule has 0 saturated carbocycles. The Kier molecular flexibility index (Phi) is 13.9. The van der Waals surface area contributed by atoms with Crippen LogP contribution in [0.15, 0.2) is 54.6 Å². The van der Waals surface area contributed by atoms with Crippen molar-refractivity contribution < 1.29 is 72.3 Å². The first-order valence-corrected chi connectivity index (χ1v) is 13.2. The number of rotatable bonds is 20. The summed E-state index contributed by atoms with van der Waals surface area (Å²) in [5, 5.41) is 79.0. The molecular weight excluding hydrogens is 586 g/mol. The zero-order valence-electron chi connectivity index (χ0n) is 25.3. The molecule has 0 spiro atoms. The molecule has 0 aromatic heterocycles. The van der Waals surface area contributed by atoms with Crippen molar-refractivity contribution in [2.24, 2.45) is 0 Å². The van der Waals surface area contributed by atoms with Gasteiger partial charge >= 0.3 is 0 Å².